The monoisotopic (exact) mass is 216 g/mol. The van der Waals surface area contributed by atoms with Crippen molar-refractivity contribution in [3.05, 3.63) is 12.7 Å². The van der Waals surface area contributed by atoms with Crippen LogP contribution in [0.15, 0.2) is 12.7 Å². The number of aliphatic hydroxyl groups is 2. The standard InChI is InChI=1S/C11H20O4/c1-4-5-14-11-8(3)7(2)10(13)9(6-12)15-11/h4,7-13H,1,5-6H2,2-3H3/t7-,8?,9?,10-,11+/m1/s1. The van der Waals surface area contributed by atoms with E-state index in [0.29, 0.717) is 6.61 Å². The van der Waals surface area contributed by atoms with E-state index in [-0.39, 0.29) is 24.7 Å². The van der Waals surface area contributed by atoms with Crippen LogP contribution in [0.4, 0.5) is 0 Å². The van der Waals surface area contributed by atoms with Crippen molar-refractivity contribution in [2.24, 2.45) is 11.8 Å². The Hall–Kier alpha value is -0.420. The van der Waals surface area contributed by atoms with Crippen LogP contribution in [0.1, 0.15) is 13.8 Å². The van der Waals surface area contributed by atoms with Gasteiger partial charge in [-0.1, -0.05) is 19.9 Å². The Morgan fingerprint density at radius 1 is 1.40 bits per heavy atom. The molecule has 0 saturated carbocycles. The van der Waals surface area contributed by atoms with Gasteiger partial charge in [0.1, 0.15) is 6.10 Å². The SMILES string of the molecule is C=CCO[C@H]1OC(CO)[C@H](O)[C@H](C)C1C. The molecule has 0 aromatic rings. The van der Waals surface area contributed by atoms with E-state index in [2.05, 4.69) is 6.58 Å². The minimum absolute atomic E-state index is 0.0470. The Balaban J connectivity index is 2.60. The lowest BCUT2D eigenvalue weighted by atomic mass is 9.85. The van der Waals surface area contributed by atoms with Gasteiger partial charge in [0, 0.05) is 5.92 Å². The molecule has 0 aromatic carbocycles. The van der Waals surface area contributed by atoms with E-state index >= 15 is 0 Å². The molecule has 88 valence electrons. The van der Waals surface area contributed by atoms with Gasteiger partial charge in [0.25, 0.3) is 0 Å². The first-order valence-corrected chi connectivity index (χ1v) is 5.28. The fourth-order valence-corrected chi connectivity index (χ4v) is 1.78. The number of hydrogen-bond acceptors (Lipinski definition) is 4. The largest absolute Gasteiger partial charge is 0.394 e. The van der Waals surface area contributed by atoms with Crippen LogP contribution in [0.2, 0.25) is 0 Å². The summed E-state index contributed by atoms with van der Waals surface area (Å²) in [6.45, 7) is 7.69. The Morgan fingerprint density at radius 2 is 2.07 bits per heavy atom. The summed E-state index contributed by atoms with van der Waals surface area (Å²) in [6, 6.07) is 0. The second-order valence-electron chi connectivity index (χ2n) is 4.06. The van der Waals surface area contributed by atoms with Crippen LogP contribution >= 0.6 is 0 Å². The molecule has 1 heterocycles. The molecule has 4 heteroatoms. The minimum atomic E-state index is -0.631. The van der Waals surface area contributed by atoms with E-state index in [1.54, 1.807) is 6.08 Å². The fraction of sp³-hybridized carbons (Fsp3) is 0.818. The van der Waals surface area contributed by atoms with Crippen molar-refractivity contribution in [1.82, 2.24) is 0 Å². The summed E-state index contributed by atoms with van der Waals surface area (Å²) in [5, 5.41) is 18.8. The average molecular weight is 216 g/mol. The van der Waals surface area contributed by atoms with Crippen molar-refractivity contribution < 1.29 is 19.7 Å². The maximum atomic E-state index is 9.79. The van der Waals surface area contributed by atoms with Gasteiger partial charge in [-0.25, -0.2) is 0 Å². The molecule has 0 aromatic heterocycles. The van der Waals surface area contributed by atoms with Crippen LogP contribution in [0.25, 0.3) is 0 Å². The second kappa shape index (κ2) is 5.61. The van der Waals surface area contributed by atoms with Gasteiger partial charge in [-0.3, -0.25) is 0 Å². The molecule has 2 N–H and O–H groups in total. The van der Waals surface area contributed by atoms with Crippen LogP contribution < -0.4 is 0 Å². The van der Waals surface area contributed by atoms with Crippen LogP contribution in [0.5, 0.6) is 0 Å². The molecule has 0 radical (unpaired) electrons. The van der Waals surface area contributed by atoms with E-state index < -0.39 is 12.2 Å². The van der Waals surface area contributed by atoms with Crippen molar-refractivity contribution in [1.29, 1.82) is 0 Å². The molecule has 15 heavy (non-hydrogen) atoms. The summed E-state index contributed by atoms with van der Waals surface area (Å²) in [6.07, 6.45) is 0.0952. The van der Waals surface area contributed by atoms with Crippen molar-refractivity contribution >= 4 is 0 Å². The molecule has 2 unspecified atom stereocenters. The Bertz CT molecular complexity index is 205. The van der Waals surface area contributed by atoms with Crippen LogP contribution in [-0.4, -0.2) is 41.9 Å². The second-order valence-corrected chi connectivity index (χ2v) is 4.06. The number of aliphatic hydroxyl groups excluding tert-OH is 2. The molecule has 0 aliphatic carbocycles. The highest BCUT2D eigenvalue weighted by atomic mass is 16.7. The minimum Gasteiger partial charge on any atom is -0.394 e. The topological polar surface area (TPSA) is 58.9 Å². The molecule has 0 amide bonds. The summed E-state index contributed by atoms with van der Waals surface area (Å²) in [5.74, 6) is 0.147. The van der Waals surface area contributed by atoms with Crippen LogP contribution in [0.3, 0.4) is 0 Å². The highest BCUT2D eigenvalue weighted by molar-refractivity contribution is 4.85. The molecule has 5 atom stereocenters. The molecule has 1 rings (SSSR count). The lowest BCUT2D eigenvalue weighted by Crippen LogP contribution is -2.51. The smallest absolute Gasteiger partial charge is 0.161 e. The lowest BCUT2D eigenvalue weighted by molar-refractivity contribution is -0.265. The van der Waals surface area contributed by atoms with Crippen molar-refractivity contribution in [3.63, 3.8) is 0 Å². The van der Waals surface area contributed by atoms with Gasteiger partial charge in [0.15, 0.2) is 6.29 Å². The highest BCUT2D eigenvalue weighted by Gasteiger charge is 2.40. The Morgan fingerprint density at radius 3 is 2.60 bits per heavy atom. The first kappa shape index (κ1) is 12.6. The zero-order valence-electron chi connectivity index (χ0n) is 9.30. The van der Waals surface area contributed by atoms with Crippen LogP contribution in [-0.2, 0) is 9.47 Å². The van der Waals surface area contributed by atoms with E-state index in [0.717, 1.165) is 0 Å². The third-order valence-corrected chi connectivity index (χ3v) is 3.05. The van der Waals surface area contributed by atoms with Gasteiger partial charge < -0.3 is 19.7 Å². The first-order chi connectivity index (χ1) is 7.11. The van der Waals surface area contributed by atoms with Crippen molar-refractivity contribution in [2.75, 3.05) is 13.2 Å². The summed E-state index contributed by atoms with van der Waals surface area (Å²) in [5.41, 5.74) is 0. The zero-order valence-corrected chi connectivity index (χ0v) is 9.30. The van der Waals surface area contributed by atoms with E-state index in [9.17, 15) is 5.11 Å². The third-order valence-electron chi connectivity index (χ3n) is 3.05. The van der Waals surface area contributed by atoms with E-state index in [4.69, 9.17) is 14.6 Å². The maximum Gasteiger partial charge on any atom is 0.161 e. The Labute approximate surface area is 90.5 Å². The van der Waals surface area contributed by atoms with Gasteiger partial charge in [-0.2, -0.15) is 0 Å². The van der Waals surface area contributed by atoms with Gasteiger partial charge in [0.2, 0.25) is 0 Å². The summed E-state index contributed by atoms with van der Waals surface area (Å²) >= 11 is 0. The zero-order chi connectivity index (χ0) is 11.4. The predicted octanol–water partition coefficient (Wildman–Crippen LogP) is 0.539. The van der Waals surface area contributed by atoms with Gasteiger partial charge in [-0.05, 0) is 5.92 Å². The molecular weight excluding hydrogens is 196 g/mol. The predicted molar refractivity (Wildman–Crippen MR) is 56.2 cm³/mol. The number of rotatable bonds is 4. The van der Waals surface area contributed by atoms with Crippen LogP contribution in [0, 0.1) is 11.8 Å². The quantitative estimate of drug-likeness (QED) is 0.673. The highest BCUT2D eigenvalue weighted by Crippen LogP contribution is 2.31. The lowest BCUT2D eigenvalue weighted by Gasteiger charge is -2.41. The molecule has 1 saturated heterocycles. The molecule has 1 fully saturated rings. The number of hydrogen-bond donors (Lipinski definition) is 2. The molecule has 0 bridgehead atoms. The molecular formula is C11H20O4. The van der Waals surface area contributed by atoms with Gasteiger partial charge in [0.05, 0.1) is 19.3 Å². The summed E-state index contributed by atoms with van der Waals surface area (Å²) < 4.78 is 10.9. The summed E-state index contributed by atoms with van der Waals surface area (Å²) in [4.78, 5) is 0. The Kier molecular flexibility index (Phi) is 4.73. The van der Waals surface area contributed by atoms with E-state index in [1.165, 1.54) is 0 Å². The third kappa shape index (κ3) is 2.78. The van der Waals surface area contributed by atoms with Crippen molar-refractivity contribution in [2.45, 2.75) is 32.3 Å². The van der Waals surface area contributed by atoms with Gasteiger partial charge in [-0.15, -0.1) is 6.58 Å². The normalized spacial score (nSPS) is 41.5. The number of ether oxygens (including phenoxy) is 2. The molecule has 1 aliphatic heterocycles. The van der Waals surface area contributed by atoms with Gasteiger partial charge >= 0.3 is 0 Å². The molecule has 0 spiro atoms. The summed E-state index contributed by atoms with van der Waals surface area (Å²) in [7, 11) is 0. The molecule has 4 nitrogen and oxygen atoms in total. The average Bonchev–Trinajstić information content (AvgIpc) is 2.25. The molecule has 1 aliphatic rings. The maximum absolute atomic E-state index is 9.79. The van der Waals surface area contributed by atoms with Crippen molar-refractivity contribution in [3.8, 4) is 0 Å². The van der Waals surface area contributed by atoms with E-state index in [1.807, 2.05) is 13.8 Å². The first-order valence-electron chi connectivity index (χ1n) is 5.28. The fourth-order valence-electron chi connectivity index (χ4n) is 1.78.